The van der Waals surface area contributed by atoms with Gasteiger partial charge in [0.05, 0.1) is 11.4 Å². The molecule has 7 nitrogen and oxygen atoms in total. The molecule has 106 heavy (non-hydrogen) atoms. The predicted octanol–water partition coefficient (Wildman–Crippen LogP) is 21.5. The summed E-state index contributed by atoms with van der Waals surface area (Å²) in [6, 6.07) is 138. The van der Waals surface area contributed by atoms with Gasteiger partial charge in [-0.15, -0.1) is 0 Å². The maximum Gasteiger partial charge on any atom is 0.239 e. The number of aromatic nitrogens is 5. The van der Waals surface area contributed by atoms with E-state index in [1.54, 1.807) is 0 Å². The molecule has 1 aliphatic rings. The van der Waals surface area contributed by atoms with Crippen LogP contribution >= 0.6 is 14.6 Å². The molecule has 0 saturated carbocycles. The van der Waals surface area contributed by atoms with Gasteiger partial charge >= 0.3 is 0 Å². The molecule has 0 atom stereocenters. The van der Waals surface area contributed by atoms with Crippen molar-refractivity contribution >= 4 is 46.5 Å². The van der Waals surface area contributed by atoms with Crippen LogP contribution in [0.4, 0.5) is 0 Å². The average molecular weight is 1400 g/mol. The average Bonchev–Trinajstić information content (AvgIpc) is 1.54. The summed E-state index contributed by atoms with van der Waals surface area (Å²) in [7, 11) is -5.73. The first kappa shape index (κ1) is 66.3. The highest BCUT2D eigenvalue weighted by molar-refractivity contribution is 7.92. The monoisotopic (exact) mass is 1400 g/mol. The van der Waals surface area contributed by atoms with E-state index in [1.165, 1.54) is 11.1 Å². The minimum Gasteiger partial charge on any atom is -0.309 e. The maximum atomic E-state index is 14.8. The van der Waals surface area contributed by atoms with Crippen LogP contribution in [0.5, 0.6) is 0 Å². The van der Waals surface area contributed by atoms with Crippen LogP contribution in [-0.2, 0) is 4.57 Å². The third-order valence-corrected chi connectivity index (χ3v) is 25.9. The van der Waals surface area contributed by atoms with Gasteiger partial charge in [0.25, 0.3) is 0 Å². The molecule has 0 spiro atoms. The third kappa shape index (κ3) is 13.4. The summed E-state index contributed by atoms with van der Waals surface area (Å²) in [5, 5.41) is 5.52. The van der Waals surface area contributed by atoms with E-state index in [9.17, 15) is 9.46 Å². The van der Waals surface area contributed by atoms with Crippen LogP contribution in [0.1, 0.15) is 0 Å². The van der Waals surface area contributed by atoms with Crippen molar-refractivity contribution in [1.82, 2.24) is 24.9 Å². The van der Waals surface area contributed by atoms with Crippen LogP contribution in [-0.4, -0.2) is 29.8 Å². The van der Waals surface area contributed by atoms with Gasteiger partial charge < -0.3 is 4.57 Å². The normalized spacial score (nSPS) is 11.9. The van der Waals surface area contributed by atoms with E-state index >= 15 is 0 Å². The Labute approximate surface area is 618 Å². The van der Waals surface area contributed by atoms with E-state index in [0.717, 1.165) is 132 Å². The number of hydrogen-bond acceptors (Lipinski definition) is 7. The highest BCUT2D eigenvalue weighted by Crippen LogP contribution is 2.59. The third-order valence-electron chi connectivity index (χ3n) is 19.6. The molecule has 0 bridgehead atoms. The molecule has 15 aromatic carbocycles. The van der Waals surface area contributed by atoms with Crippen LogP contribution in [0.2, 0.25) is 0 Å². The van der Waals surface area contributed by atoms with Gasteiger partial charge in [-0.1, -0.05) is 364 Å². The lowest BCUT2D eigenvalue weighted by molar-refractivity contribution is 0.592. The lowest BCUT2D eigenvalue weighted by Crippen LogP contribution is -2.26. The first-order chi connectivity index (χ1) is 52.3. The van der Waals surface area contributed by atoms with Crippen LogP contribution in [0.3, 0.4) is 0 Å². The predicted molar refractivity (Wildman–Crippen MR) is 441 cm³/mol. The molecule has 2 aromatic heterocycles. The van der Waals surface area contributed by atoms with E-state index in [2.05, 4.69) is 224 Å². The summed E-state index contributed by atoms with van der Waals surface area (Å²) in [5.74, 6) is 2.61. The van der Waals surface area contributed by atoms with Gasteiger partial charge in [-0.3, -0.25) is 0 Å². The van der Waals surface area contributed by atoms with Gasteiger partial charge in [-0.2, -0.15) is 0 Å². The number of rotatable bonds is 15. The van der Waals surface area contributed by atoms with E-state index in [-0.39, 0.29) is 0 Å². The molecule has 9 heteroatoms. The molecule has 0 fully saturated rings. The van der Waals surface area contributed by atoms with Gasteiger partial charge in [-0.25, -0.2) is 29.8 Å². The molecular weight excluding hydrogens is 1330 g/mol. The minimum atomic E-state index is -3.03. The molecule has 17 aromatic rings. The zero-order chi connectivity index (χ0) is 71.2. The van der Waals surface area contributed by atoms with Gasteiger partial charge in [0.2, 0.25) is 7.49 Å². The molecule has 1 aliphatic heterocycles. The van der Waals surface area contributed by atoms with Crippen molar-refractivity contribution in [2.75, 3.05) is 0 Å². The molecule has 0 saturated heterocycles. The molecule has 1 N–H and O–H groups in total. The van der Waals surface area contributed by atoms with Crippen molar-refractivity contribution in [3.8, 4) is 135 Å². The fourth-order valence-electron chi connectivity index (χ4n) is 14.1. The smallest absolute Gasteiger partial charge is 0.239 e. The van der Waals surface area contributed by atoms with Crippen LogP contribution in [0.25, 0.3) is 135 Å². The van der Waals surface area contributed by atoms with E-state index in [1.807, 2.05) is 182 Å². The molecule has 502 valence electrons. The van der Waals surface area contributed by atoms with Crippen molar-refractivity contribution in [3.63, 3.8) is 0 Å². The molecule has 0 aliphatic carbocycles. The number of fused-ring (bicyclic) bond motifs is 3. The zero-order valence-electron chi connectivity index (χ0n) is 57.7. The van der Waals surface area contributed by atoms with Gasteiger partial charge in [0.15, 0.2) is 30.4 Å². The standard InChI is InChI=1S/C52H37N2OP.C45H31N3OP/c55-56(47-20-9-3-10-21-47,48-22-11-4-12-23-48)49-34-32-41(33-35-49)40-24-26-42(27-25-40)45-18-13-19-46(36-45)51-37-50(53-52(54-51)44-16-7-2-8-17-44)43-30-28-39(29-31-43)38-14-5-1-6-15-38;49-50(41-20-9-7-18-39(41)40-19-8-10-21-42(40)50)38-28-26-32(27-29-38)31-22-24-33(25-23-31)36-16-11-17-37(30-36)45-47-43(34-12-3-1-4-13-34)46-44(48-45)35-14-5-2-6-15-35/h1-37H;1-30,49H/q;+1. The fraction of sp³-hybridized carbons (Fsp3) is 0. The second-order valence-corrected chi connectivity index (χ2v) is 31.7. The number of benzene rings is 15. The minimum absolute atomic E-state index is 0.633. The van der Waals surface area contributed by atoms with Crippen molar-refractivity contribution < 1.29 is 9.46 Å². The Morgan fingerprint density at radius 2 is 0.472 bits per heavy atom. The molecular formula is C97H68N5O2P2+. The Bertz CT molecular complexity index is 5850. The summed E-state index contributed by atoms with van der Waals surface area (Å²) in [6.07, 6.45) is 0. The van der Waals surface area contributed by atoms with Crippen molar-refractivity contribution in [2.45, 2.75) is 0 Å². The molecule has 18 rings (SSSR count). The first-order valence-electron chi connectivity index (χ1n) is 35.4. The van der Waals surface area contributed by atoms with Gasteiger partial charge in [0, 0.05) is 60.4 Å². The fourth-order valence-corrected chi connectivity index (χ4v) is 19.8. The number of nitrogens with zero attached hydrogens (tertiary/aromatic N) is 5. The molecule has 0 amide bonds. The lowest BCUT2D eigenvalue weighted by Gasteiger charge is -2.20. The zero-order valence-corrected chi connectivity index (χ0v) is 59.5. The topological polar surface area (TPSA) is 102 Å². The maximum absolute atomic E-state index is 14.8. The SMILES string of the molecule is O=P(c1ccccc1)(c1ccccc1)c1ccc(-c2ccc(-c3cccc(-c4cc(-c5ccc(-c6ccccc6)cc5)nc(-c5ccccc5)n4)c3)cc2)cc1.O[P+]1(c2ccc(-c3ccc(-c4cccc(-c5nc(-c6ccccc6)nc(-c6ccccc6)n5)c4)cc3)cc2)c2ccccc2-c2ccccc21. The van der Waals surface area contributed by atoms with Crippen molar-refractivity contribution in [2.24, 2.45) is 0 Å². The quantitative estimate of drug-likeness (QED) is 0.102. The lowest BCUT2D eigenvalue weighted by atomic mass is 9.98. The van der Waals surface area contributed by atoms with E-state index in [4.69, 9.17) is 24.9 Å². The highest BCUT2D eigenvalue weighted by atomic mass is 31.2. The van der Waals surface area contributed by atoms with Crippen LogP contribution < -0.4 is 31.8 Å². The largest absolute Gasteiger partial charge is 0.309 e. The van der Waals surface area contributed by atoms with E-state index < -0.39 is 14.6 Å². The van der Waals surface area contributed by atoms with Crippen LogP contribution in [0, 0.1) is 0 Å². The molecule has 0 unspecified atom stereocenters. The Balaban J connectivity index is 0.000000157. The summed E-state index contributed by atoms with van der Waals surface area (Å²) in [6.45, 7) is 0. The van der Waals surface area contributed by atoms with Crippen molar-refractivity contribution in [3.05, 3.63) is 406 Å². The second-order valence-electron chi connectivity index (χ2n) is 26.2. The highest BCUT2D eigenvalue weighted by Gasteiger charge is 2.52. The Morgan fingerprint density at radius 1 is 0.208 bits per heavy atom. The van der Waals surface area contributed by atoms with Crippen molar-refractivity contribution in [1.29, 1.82) is 0 Å². The van der Waals surface area contributed by atoms with Crippen LogP contribution in [0.15, 0.2) is 406 Å². The Hall–Kier alpha value is -13.0. The molecule has 3 heterocycles. The molecule has 0 radical (unpaired) electrons. The first-order valence-corrected chi connectivity index (χ1v) is 38.9. The van der Waals surface area contributed by atoms with Gasteiger partial charge in [0.1, 0.15) is 15.9 Å². The Morgan fingerprint density at radius 3 is 0.896 bits per heavy atom. The summed E-state index contributed by atoms with van der Waals surface area (Å²) < 4.78 is 14.8. The Kier molecular flexibility index (Phi) is 18.4. The summed E-state index contributed by atoms with van der Waals surface area (Å²) in [5.41, 5.74) is 21.0. The second kappa shape index (κ2) is 29.4. The summed E-state index contributed by atoms with van der Waals surface area (Å²) >= 11 is 0. The van der Waals surface area contributed by atoms with E-state index in [0.29, 0.717) is 23.3 Å². The summed E-state index contributed by atoms with van der Waals surface area (Å²) in [4.78, 5) is 37.1. The van der Waals surface area contributed by atoms with Gasteiger partial charge in [-0.05, 0) is 98.1 Å². The number of hydrogen-bond donors (Lipinski definition) is 1.